The fourth-order valence-corrected chi connectivity index (χ4v) is 1.68. The summed E-state index contributed by atoms with van der Waals surface area (Å²) in [6.07, 6.45) is 2.34. The molecule has 0 bridgehead atoms. The quantitative estimate of drug-likeness (QED) is 0.867. The van der Waals surface area contributed by atoms with Crippen LogP contribution in [0.5, 0.6) is 0 Å². The van der Waals surface area contributed by atoms with Gasteiger partial charge in [0.25, 0.3) is 5.91 Å². The first-order valence-corrected chi connectivity index (χ1v) is 5.81. The summed E-state index contributed by atoms with van der Waals surface area (Å²) in [5, 5.41) is 2.85. The summed E-state index contributed by atoms with van der Waals surface area (Å²) in [6.45, 7) is 2.05. The Labute approximate surface area is 106 Å². The van der Waals surface area contributed by atoms with E-state index in [0.717, 1.165) is 17.7 Å². The molecule has 0 saturated carbocycles. The highest BCUT2D eigenvalue weighted by Gasteiger charge is 2.08. The number of amides is 1. The second-order valence-electron chi connectivity index (χ2n) is 3.94. The van der Waals surface area contributed by atoms with Crippen LogP contribution in [0, 0.1) is 0 Å². The fraction of sp³-hybridized carbons (Fsp3) is 0.143. The van der Waals surface area contributed by atoms with Crippen LogP contribution in [-0.2, 0) is 6.42 Å². The smallest absolute Gasteiger partial charge is 0.274 e. The average molecular weight is 241 g/mol. The molecular weight excluding hydrogens is 226 g/mol. The lowest BCUT2D eigenvalue weighted by Gasteiger charge is -2.09. The fourth-order valence-electron chi connectivity index (χ4n) is 1.68. The molecule has 1 heterocycles. The van der Waals surface area contributed by atoms with Crippen LogP contribution in [0.4, 0.5) is 11.4 Å². The Kier molecular flexibility index (Phi) is 3.57. The number of anilines is 2. The predicted octanol–water partition coefficient (Wildman–Crippen LogP) is 2.48. The minimum Gasteiger partial charge on any atom is -0.397 e. The summed E-state index contributed by atoms with van der Waals surface area (Å²) >= 11 is 0. The maximum atomic E-state index is 12.0. The lowest BCUT2D eigenvalue weighted by atomic mass is 10.1. The number of rotatable bonds is 3. The third kappa shape index (κ3) is 2.66. The summed E-state index contributed by atoms with van der Waals surface area (Å²) in [4.78, 5) is 16.0. The van der Waals surface area contributed by atoms with Crippen LogP contribution in [0.15, 0.2) is 42.6 Å². The van der Waals surface area contributed by atoms with Gasteiger partial charge in [-0.25, -0.2) is 4.98 Å². The van der Waals surface area contributed by atoms with Gasteiger partial charge in [0.15, 0.2) is 0 Å². The van der Waals surface area contributed by atoms with Crippen molar-refractivity contribution in [1.82, 2.24) is 4.98 Å². The largest absolute Gasteiger partial charge is 0.397 e. The number of nitrogens with zero attached hydrogens (tertiary/aromatic N) is 1. The number of hydrogen-bond acceptors (Lipinski definition) is 3. The Bertz CT molecular complexity index is 549. The standard InChI is InChI=1S/C14H15N3O/c1-2-10-5-3-4-6-12(10)17-14(18)13-8-7-11(15)9-16-13/h3-9H,2,15H2,1H3,(H,17,18). The van der Waals surface area contributed by atoms with Gasteiger partial charge in [-0.3, -0.25) is 4.79 Å². The molecule has 92 valence electrons. The van der Waals surface area contributed by atoms with Crippen molar-refractivity contribution in [2.45, 2.75) is 13.3 Å². The Morgan fingerprint density at radius 3 is 2.72 bits per heavy atom. The molecule has 0 radical (unpaired) electrons. The zero-order chi connectivity index (χ0) is 13.0. The van der Waals surface area contributed by atoms with E-state index in [9.17, 15) is 4.79 Å². The highest BCUT2D eigenvalue weighted by Crippen LogP contribution is 2.16. The van der Waals surface area contributed by atoms with Crippen molar-refractivity contribution in [1.29, 1.82) is 0 Å². The number of aromatic nitrogens is 1. The first kappa shape index (κ1) is 12.1. The van der Waals surface area contributed by atoms with Crippen LogP contribution in [-0.4, -0.2) is 10.9 Å². The van der Waals surface area contributed by atoms with E-state index in [2.05, 4.69) is 10.3 Å². The molecule has 1 aromatic carbocycles. The van der Waals surface area contributed by atoms with Crippen molar-refractivity contribution < 1.29 is 4.79 Å². The summed E-state index contributed by atoms with van der Waals surface area (Å²) in [5.41, 5.74) is 8.35. The zero-order valence-corrected chi connectivity index (χ0v) is 10.2. The molecule has 0 unspecified atom stereocenters. The SMILES string of the molecule is CCc1ccccc1NC(=O)c1ccc(N)cn1. The van der Waals surface area contributed by atoms with Gasteiger partial charge in [0.05, 0.1) is 11.9 Å². The highest BCUT2D eigenvalue weighted by atomic mass is 16.1. The molecule has 1 aromatic heterocycles. The molecule has 3 N–H and O–H groups in total. The highest BCUT2D eigenvalue weighted by molar-refractivity contribution is 6.03. The molecule has 0 spiro atoms. The van der Waals surface area contributed by atoms with Gasteiger partial charge in [-0.05, 0) is 30.2 Å². The number of nitrogen functional groups attached to an aromatic ring is 1. The molecule has 0 fully saturated rings. The number of aryl methyl sites for hydroxylation is 1. The lowest BCUT2D eigenvalue weighted by Crippen LogP contribution is -2.14. The molecule has 0 aliphatic carbocycles. The van der Waals surface area contributed by atoms with Gasteiger partial charge < -0.3 is 11.1 Å². The topological polar surface area (TPSA) is 68.0 Å². The van der Waals surface area contributed by atoms with Crippen LogP contribution < -0.4 is 11.1 Å². The number of nitrogens with two attached hydrogens (primary N) is 1. The van der Waals surface area contributed by atoms with Gasteiger partial charge in [-0.15, -0.1) is 0 Å². The second-order valence-corrected chi connectivity index (χ2v) is 3.94. The molecule has 2 rings (SSSR count). The van der Waals surface area contributed by atoms with E-state index in [4.69, 9.17) is 5.73 Å². The van der Waals surface area contributed by atoms with Gasteiger partial charge >= 0.3 is 0 Å². The summed E-state index contributed by atoms with van der Waals surface area (Å²) in [5.74, 6) is -0.226. The molecule has 2 aromatic rings. The average Bonchev–Trinajstić information content (AvgIpc) is 2.40. The zero-order valence-electron chi connectivity index (χ0n) is 10.2. The van der Waals surface area contributed by atoms with E-state index >= 15 is 0 Å². The van der Waals surface area contributed by atoms with Gasteiger partial charge in [-0.2, -0.15) is 0 Å². The Morgan fingerprint density at radius 1 is 1.28 bits per heavy atom. The van der Waals surface area contributed by atoms with E-state index in [1.165, 1.54) is 6.20 Å². The molecule has 1 amide bonds. The normalized spacial score (nSPS) is 10.1. The maximum absolute atomic E-state index is 12.0. The van der Waals surface area contributed by atoms with Crippen LogP contribution in [0.3, 0.4) is 0 Å². The first-order chi connectivity index (χ1) is 8.70. The van der Waals surface area contributed by atoms with Gasteiger partial charge in [0.2, 0.25) is 0 Å². The predicted molar refractivity (Wildman–Crippen MR) is 72.4 cm³/mol. The Balaban J connectivity index is 2.18. The van der Waals surface area contributed by atoms with E-state index in [-0.39, 0.29) is 5.91 Å². The molecule has 4 heteroatoms. The molecule has 0 atom stereocenters. The van der Waals surface area contributed by atoms with Gasteiger partial charge in [-0.1, -0.05) is 25.1 Å². The van der Waals surface area contributed by atoms with Crippen molar-refractivity contribution in [2.24, 2.45) is 0 Å². The number of para-hydroxylation sites is 1. The number of benzene rings is 1. The van der Waals surface area contributed by atoms with E-state index in [1.807, 2.05) is 31.2 Å². The Hall–Kier alpha value is -2.36. The summed E-state index contributed by atoms with van der Waals surface area (Å²) < 4.78 is 0. The number of hydrogen-bond donors (Lipinski definition) is 2. The molecular formula is C14H15N3O. The molecule has 0 aliphatic heterocycles. The number of carbonyl (C=O) groups is 1. The van der Waals surface area contributed by atoms with Gasteiger partial charge in [0.1, 0.15) is 5.69 Å². The number of nitrogens with one attached hydrogen (secondary N) is 1. The third-order valence-electron chi connectivity index (χ3n) is 2.67. The molecule has 4 nitrogen and oxygen atoms in total. The van der Waals surface area contributed by atoms with E-state index in [0.29, 0.717) is 11.4 Å². The van der Waals surface area contributed by atoms with Crippen LogP contribution in [0.2, 0.25) is 0 Å². The second kappa shape index (κ2) is 5.31. The van der Waals surface area contributed by atoms with Crippen LogP contribution >= 0.6 is 0 Å². The van der Waals surface area contributed by atoms with Crippen molar-refractivity contribution in [3.8, 4) is 0 Å². The number of carbonyl (C=O) groups excluding carboxylic acids is 1. The summed E-state index contributed by atoms with van der Waals surface area (Å²) in [7, 11) is 0. The van der Waals surface area contributed by atoms with E-state index < -0.39 is 0 Å². The van der Waals surface area contributed by atoms with Crippen molar-refractivity contribution >= 4 is 17.3 Å². The third-order valence-corrected chi connectivity index (χ3v) is 2.67. The van der Waals surface area contributed by atoms with Crippen LogP contribution in [0.1, 0.15) is 23.0 Å². The van der Waals surface area contributed by atoms with Crippen LogP contribution in [0.25, 0.3) is 0 Å². The lowest BCUT2D eigenvalue weighted by molar-refractivity contribution is 0.102. The Morgan fingerprint density at radius 2 is 2.06 bits per heavy atom. The first-order valence-electron chi connectivity index (χ1n) is 5.81. The number of pyridine rings is 1. The van der Waals surface area contributed by atoms with Crippen molar-refractivity contribution in [3.63, 3.8) is 0 Å². The van der Waals surface area contributed by atoms with E-state index in [1.54, 1.807) is 12.1 Å². The van der Waals surface area contributed by atoms with Crippen molar-refractivity contribution in [3.05, 3.63) is 53.9 Å². The maximum Gasteiger partial charge on any atom is 0.274 e. The minimum absolute atomic E-state index is 0.226. The monoisotopic (exact) mass is 241 g/mol. The summed E-state index contributed by atoms with van der Waals surface area (Å²) in [6, 6.07) is 11.0. The molecule has 0 saturated heterocycles. The molecule has 18 heavy (non-hydrogen) atoms. The van der Waals surface area contributed by atoms with Crippen molar-refractivity contribution in [2.75, 3.05) is 11.1 Å². The molecule has 0 aliphatic rings. The minimum atomic E-state index is -0.226. The van der Waals surface area contributed by atoms with Gasteiger partial charge in [0, 0.05) is 5.69 Å².